The summed E-state index contributed by atoms with van der Waals surface area (Å²) < 4.78 is 55.4. The fourth-order valence-electron chi connectivity index (χ4n) is 2.40. The van der Waals surface area contributed by atoms with Crippen LogP contribution in [0.4, 0.5) is 0 Å². The third-order valence-electron chi connectivity index (χ3n) is 3.80. The molecule has 0 aromatic heterocycles. The highest BCUT2D eigenvalue weighted by atomic mass is 32.2. The lowest BCUT2D eigenvalue weighted by atomic mass is 10.1. The maximum Gasteiger partial charge on any atom is 0.297 e. The van der Waals surface area contributed by atoms with Crippen LogP contribution in [0.25, 0.3) is 0 Å². The second-order valence-electron chi connectivity index (χ2n) is 5.67. The molecule has 1 atom stereocenters. The van der Waals surface area contributed by atoms with E-state index >= 15 is 0 Å². The highest BCUT2D eigenvalue weighted by Crippen LogP contribution is 2.33. The third-order valence-corrected chi connectivity index (χ3v) is 5.18. The van der Waals surface area contributed by atoms with Crippen LogP contribution in [0.3, 0.4) is 0 Å². The molecule has 0 fully saturated rings. The van der Waals surface area contributed by atoms with Crippen LogP contribution in [0.1, 0.15) is 27.2 Å². The number of benzene rings is 2. The molecule has 0 spiro atoms. The van der Waals surface area contributed by atoms with Gasteiger partial charge in [0.15, 0.2) is 11.5 Å². The van der Waals surface area contributed by atoms with Gasteiger partial charge in [-0.3, -0.25) is 4.18 Å². The summed E-state index contributed by atoms with van der Waals surface area (Å²) in [6, 6.07) is 11.5. The van der Waals surface area contributed by atoms with E-state index in [1.807, 2.05) is 13.8 Å². The molecule has 0 amide bonds. The van der Waals surface area contributed by atoms with E-state index in [0.717, 1.165) is 11.1 Å². The second-order valence-corrected chi connectivity index (χ2v) is 7.24. The molecule has 24 heavy (non-hydrogen) atoms. The van der Waals surface area contributed by atoms with Gasteiger partial charge in [0.1, 0.15) is 2.74 Å². The van der Waals surface area contributed by atoms with Gasteiger partial charge in [0.25, 0.3) is 10.1 Å². The Kier molecular flexibility index (Phi) is 4.07. The van der Waals surface area contributed by atoms with Crippen molar-refractivity contribution in [2.45, 2.75) is 37.7 Å². The van der Waals surface area contributed by atoms with Crippen molar-refractivity contribution in [3.8, 4) is 11.5 Å². The summed E-state index contributed by atoms with van der Waals surface area (Å²) in [5.41, 5.74) is 1.74. The molecule has 6 heteroatoms. The van der Waals surface area contributed by atoms with E-state index in [4.69, 9.17) is 16.4 Å². The van der Waals surface area contributed by atoms with Crippen LogP contribution in [-0.4, -0.2) is 21.3 Å². The standard InChI is InChI=1S/C18H20O5S/c1-3-15(10-14-6-9-17-18(11-14)22-12-21-17)23-24(19,20)16-7-4-13(2)5-8-16/h4-9,11,15H,3,10,12H2,1-2H3/i12D2. The van der Waals surface area contributed by atoms with E-state index < -0.39 is 23.0 Å². The van der Waals surface area contributed by atoms with Crippen molar-refractivity contribution >= 4 is 10.1 Å². The molecule has 0 bridgehead atoms. The van der Waals surface area contributed by atoms with Crippen LogP contribution in [-0.2, 0) is 20.7 Å². The number of rotatable bonds is 6. The van der Waals surface area contributed by atoms with Gasteiger partial charge < -0.3 is 9.47 Å². The minimum absolute atomic E-state index is 0.125. The highest BCUT2D eigenvalue weighted by molar-refractivity contribution is 7.86. The van der Waals surface area contributed by atoms with Crippen molar-refractivity contribution in [3.63, 3.8) is 0 Å². The Morgan fingerprint density at radius 2 is 1.88 bits per heavy atom. The molecule has 2 aromatic carbocycles. The zero-order valence-electron chi connectivity index (χ0n) is 15.5. The molecule has 128 valence electrons. The van der Waals surface area contributed by atoms with Gasteiger partial charge in [-0.15, -0.1) is 0 Å². The molecule has 1 unspecified atom stereocenters. The molecule has 1 aliphatic heterocycles. The van der Waals surface area contributed by atoms with E-state index in [9.17, 15) is 8.42 Å². The molecule has 0 radical (unpaired) electrons. The summed E-state index contributed by atoms with van der Waals surface area (Å²) in [7, 11) is -3.85. The maximum absolute atomic E-state index is 12.5. The molecular weight excluding hydrogens is 328 g/mol. The zero-order chi connectivity index (χ0) is 18.9. The van der Waals surface area contributed by atoms with Crippen LogP contribution in [0.2, 0.25) is 0 Å². The Labute approximate surface area is 145 Å². The van der Waals surface area contributed by atoms with Crippen LogP contribution in [0.5, 0.6) is 11.5 Å². The molecule has 5 nitrogen and oxygen atoms in total. The summed E-state index contributed by atoms with van der Waals surface area (Å²) in [5, 5.41) is 0. The van der Waals surface area contributed by atoms with E-state index in [0.29, 0.717) is 24.3 Å². The topological polar surface area (TPSA) is 61.8 Å². The largest absolute Gasteiger partial charge is 0.454 e. The number of aryl methyl sites for hydroxylation is 1. The van der Waals surface area contributed by atoms with E-state index in [2.05, 4.69) is 0 Å². The fourth-order valence-corrected chi connectivity index (χ4v) is 3.55. The van der Waals surface area contributed by atoms with Crippen molar-refractivity contribution in [2.24, 2.45) is 0 Å². The number of ether oxygens (including phenoxy) is 2. The first kappa shape index (κ1) is 14.3. The van der Waals surface area contributed by atoms with Gasteiger partial charge in [-0.2, -0.15) is 8.42 Å². The van der Waals surface area contributed by atoms with Gasteiger partial charge in [-0.05, 0) is 43.2 Å². The highest BCUT2D eigenvalue weighted by Gasteiger charge is 2.22. The van der Waals surface area contributed by atoms with Crippen molar-refractivity contribution in [1.29, 1.82) is 0 Å². The van der Waals surface area contributed by atoms with Crippen molar-refractivity contribution < 1.29 is 24.8 Å². The summed E-state index contributed by atoms with van der Waals surface area (Å²) in [6.45, 7) is 1.55. The molecule has 3 rings (SSSR count). The molecule has 0 saturated heterocycles. The monoisotopic (exact) mass is 350 g/mol. The second kappa shape index (κ2) is 6.83. The molecule has 1 heterocycles. The minimum Gasteiger partial charge on any atom is -0.454 e. The molecule has 0 saturated carbocycles. The maximum atomic E-state index is 12.5. The van der Waals surface area contributed by atoms with E-state index in [-0.39, 0.29) is 4.90 Å². The Balaban J connectivity index is 1.73. The number of fused-ring (bicyclic) bond motifs is 1. The minimum atomic E-state index is -3.85. The lowest BCUT2D eigenvalue weighted by molar-refractivity contribution is 0.174. The number of hydrogen-bond acceptors (Lipinski definition) is 5. The van der Waals surface area contributed by atoms with Crippen LogP contribution in [0.15, 0.2) is 47.4 Å². The third kappa shape index (κ3) is 3.71. The molecule has 1 aliphatic rings. The summed E-state index contributed by atoms with van der Waals surface area (Å²) in [6.07, 6.45) is 0.306. The quantitative estimate of drug-likeness (QED) is 0.747. The van der Waals surface area contributed by atoms with E-state index in [1.165, 1.54) is 12.1 Å². The van der Waals surface area contributed by atoms with Gasteiger partial charge in [0, 0.05) is 6.42 Å². The average Bonchev–Trinajstić information content (AvgIpc) is 2.87. The van der Waals surface area contributed by atoms with Gasteiger partial charge in [-0.1, -0.05) is 30.7 Å². The first-order valence-electron chi connectivity index (χ1n) is 8.69. The van der Waals surface area contributed by atoms with Gasteiger partial charge >= 0.3 is 0 Å². The summed E-state index contributed by atoms with van der Waals surface area (Å²) in [5.74, 6) is 0.615. The molecule has 2 aromatic rings. The van der Waals surface area contributed by atoms with E-state index in [1.54, 1.807) is 30.3 Å². The normalized spacial score (nSPS) is 17.9. The van der Waals surface area contributed by atoms with Gasteiger partial charge in [0.05, 0.1) is 11.0 Å². The average molecular weight is 350 g/mol. The van der Waals surface area contributed by atoms with Gasteiger partial charge in [-0.25, -0.2) is 0 Å². The predicted octanol–water partition coefficient (Wildman–Crippen LogP) is 3.45. The predicted molar refractivity (Wildman–Crippen MR) is 89.8 cm³/mol. The summed E-state index contributed by atoms with van der Waals surface area (Å²) >= 11 is 0. The first-order valence-corrected chi connectivity index (χ1v) is 9.10. The molecule has 0 aliphatic carbocycles. The van der Waals surface area contributed by atoms with Crippen LogP contribution in [0, 0.1) is 6.92 Å². The first-order chi connectivity index (χ1) is 12.2. The lowest BCUT2D eigenvalue weighted by Gasteiger charge is -2.16. The Bertz CT molecular complexity index is 894. The number of hydrogen-bond donors (Lipinski definition) is 0. The SMILES string of the molecule is [2H]C1([2H])Oc2ccc(CC(CC)OS(=O)(=O)c3ccc(C)cc3)cc2O1. The smallest absolute Gasteiger partial charge is 0.297 e. The summed E-state index contributed by atoms with van der Waals surface area (Å²) in [4.78, 5) is 0.125. The lowest BCUT2D eigenvalue weighted by Crippen LogP contribution is -2.20. The van der Waals surface area contributed by atoms with Crippen molar-refractivity contribution in [2.75, 3.05) is 6.75 Å². The molecule has 0 N–H and O–H groups in total. The van der Waals surface area contributed by atoms with Gasteiger partial charge in [0.2, 0.25) is 6.75 Å². The molecular formula is C18H20O5S. The fraction of sp³-hybridized carbons (Fsp3) is 0.333. The van der Waals surface area contributed by atoms with Crippen molar-refractivity contribution in [3.05, 3.63) is 53.6 Å². The Morgan fingerprint density at radius 3 is 2.58 bits per heavy atom. The Hall–Kier alpha value is -2.05. The Morgan fingerprint density at radius 1 is 1.17 bits per heavy atom. The zero-order valence-corrected chi connectivity index (χ0v) is 14.3. The van der Waals surface area contributed by atoms with Crippen LogP contribution >= 0.6 is 0 Å². The van der Waals surface area contributed by atoms with Crippen molar-refractivity contribution in [1.82, 2.24) is 0 Å². The van der Waals surface area contributed by atoms with Crippen LogP contribution < -0.4 is 9.47 Å².